The first-order valence-electron chi connectivity index (χ1n) is 12.0. The van der Waals surface area contributed by atoms with E-state index in [0.717, 1.165) is 0 Å². The summed E-state index contributed by atoms with van der Waals surface area (Å²) in [6.07, 6.45) is -0.110. The Kier molecular flexibility index (Phi) is 13.7. The van der Waals surface area contributed by atoms with E-state index in [1.807, 2.05) is 0 Å². The van der Waals surface area contributed by atoms with Crippen molar-refractivity contribution in [3.63, 3.8) is 0 Å². The van der Waals surface area contributed by atoms with Crippen LogP contribution >= 0.6 is 0 Å². The van der Waals surface area contributed by atoms with Crippen LogP contribution in [0.5, 0.6) is 5.75 Å². The number of primary amides is 1. The molecular formula is C23H36N8O8. The van der Waals surface area contributed by atoms with Crippen LogP contribution in [0.2, 0.25) is 0 Å². The van der Waals surface area contributed by atoms with Gasteiger partial charge in [-0.1, -0.05) is 12.1 Å². The molecule has 4 atom stereocenters. The number of hydrogen-bond donors (Lipinski definition) is 10. The monoisotopic (exact) mass is 552 g/mol. The molecule has 0 aliphatic rings. The third-order valence-electron chi connectivity index (χ3n) is 5.42. The van der Waals surface area contributed by atoms with Crippen LogP contribution in [0, 0.1) is 0 Å². The van der Waals surface area contributed by atoms with Crippen molar-refractivity contribution in [1.29, 1.82) is 0 Å². The molecule has 1 aromatic rings. The summed E-state index contributed by atoms with van der Waals surface area (Å²) < 4.78 is 0. The summed E-state index contributed by atoms with van der Waals surface area (Å²) in [7, 11) is 0. The van der Waals surface area contributed by atoms with Crippen LogP contribution in [0.1, 0.15) is 31.2 Å². The minimum absolute atomic E-state index is 0.0216. The van der Waals surface area contributed by atoms with Crippen molar-refractivity contribution in [2.75, 3.05) is 13.2 Å². The summed E-state index contributed by atoms with van der Waals surface area (Å²) in [5.74, 6) is -4.82. The fourth-order valence-corrected chi connectivity index (χ4v) is 3.29. The number of benzene rings is 1. The molecule has 14 N–H and O–H groups in total. The van der Waals surface area contributed by atoms with E-state index in [1.165, 1.54) is 24.3 Å². The molecule has 0 spiro atoms. The van der Waals surface area contributed by atoms with Gasteiger partial charge in [0.15, 0.2) is 5.96 Å². The summed E-state index contributed by atoms with van der Waals surface area (Å²) in [5.41, 5.74) is 22.0. The second kappa shape index (κ2) is 16.4. The predicted molar refractivity (Wildman–Crippen MR) is 139 cm³/mol. The van der Waals surface area contributed by atoms with Gasteiger partial charge in [0.1, 0.15) is 23.9 Å². The molecule has 0 saturated carbocycles. The number of rotatable bonds is 17. The van der Waals surface area contributed by atoms with Crippen molar-refractivity contribution in [2.24, 2.45) is 27.9 Å². The number of phenolic OH excluding ortho intramolecular Hbond substituents is 1. The van der Waals surface area contributed by atoms with E-state index < -0.39 is 60.4 Å². The summed E-state index contributed by atoms with van der Waals surface area (Å²) in [4.78, 5) is 64.8. The second-order valence-corrected chi connectivity index (χ2v) is 8.64. The molecule has 216 valence electrons. The highest BCUT2D eigenvalue weighted by atomic mass is 16.4. The number of carbonyl (C=O) groups excluding carboxylic acids is 4. The lowest BCUT2D eigenvalue weighted by atomic mass is 10.0. The number of phenols is 1. The lowest BCUT2D eigenvalue weighted by Gasteiger charge is -2.25. The van der Waals surface area contributed by atoms with Crippen LogP contribution in [-0.2, 0) is 30.4 Å². The average Bonchev–Trinajstić information content (AvgIpc) is 2.87. The smallest absolute Gasteiger partial charge is 0.328 e. The number of nitrogens with two attached hydrogens (primary N) is 4. The highest BCUT2D eigenvalue weighted by Gasteiger charge is 2.30. The van der Waals surface area contributed by atoms with Gasteiger partial charge in [0, 0.05) is 19.4 Å². The maximum Gasteiger partial charge on any atom is 0.328 e. The van der Waals surface area contributed by atoms with E-state index in [4.69, 9.17) is 28.0 Å². The number of hydrogen-bond acceptors (Lipinski definition) is 9. The van der Waals surface area contributed by atoms with Crippen molar-refractivity contribution < 1.29 is 39.3 Å². The highest BCUT2D eigenvalue weighted by Crippen LogP contribution is 2.12. The fourth-order valence-electron chi connectivity index (χ4n) is 3.29. The van der Waals surface area contributed by atoms with Crippen molar-refractivity contribution in [3.8, 4) is 5.75 Å². The Hall–Kier alpha value is -4.44. The molecule has 4 unspecified atom stereocenters. The minimum atomic E-state index is -1.62. The van der Waals surface area contributed by atoms with Crippen molar-refractivity contribution in [3.05, 3.63) is 29.8 Å². The normalized spacial score (nSPS) is 13.7. The Labute approximate surface area is 224 Å². The van der Waals surface area contributed by atoms with Crippen molar-refractivity contribution in [1.82, 2.24) is 16.0 Å². The number of carboxylic acids is 1. The second-order valence-electron chi connectivity index (χ2n) is 8.64. The number of aliphatic hydroxyl groups excluding tert-OH is 1. The van der Waals surface area contributed by atoms with E-state index in [0.29, 0.717) is 5.56 Å². The molecule has 0 radical (unpaired) electrons. The zero-order valence-corrected chi connectivity index (χ0v) is 21.2. The van der Waals surface area contributed by atoms with Gasteiger partial charge in [0.05, 0.1) is 12.6 Å². The average molecular weight is 553 g/mol. The Morgan fingerprint density at radius 2 is 1.41 bits per heavy atom. The summed E-state index contributed by atoms with van der Waals surface area (Å²) in [5, 5.41) is 35.0. The first-order valence-corrected chi connectivity index (χ1v) is 12.0. The van der Waals surface area contributed by atoms with Gasteiger partial charge in [0.2, 0.25) is 23.6 Å². The van der Waals surface area contributed by atoms with Crippen molar-refractivity contribution in [2.45, 2.75) is 56.3 Å². The quantitative estimate of drug-likeness (QED) is 0.0506. The molecule has 0 bridgehead atoms. The predicted octanol–water partition coefficient (Wildman–Crippen LogP) is -3.89. The molecule has 1 rings (SSSR count). The molecule has 4 amide bonds. The number of aliphatic hydroxyl groups is 1. The topological polar surface area (TPSA) is 299 Å². The fraction of sp³-hybridized carbons (Fsp3) is 0.478. The number of aliphatic imine (C=N–C) groups is 1. The Balaban J connectivity index is 3.14. The standard InChI is InChI=1S/C23H36N8O8/c24-14(7-8-18(25)34)19(35)30-16(10-12-3-5-13(33)6-4-12)21(37)29-15(2-1-9-28-23(26)27)20(36)31-17(11-32)22(38)39/h3-6,14-17,32-33H,1-2,7-11,24H2,(H2,25,34)(H,29,37)(H,30,35)(H,31,36)(H,38,39)(H4,26,27,28). The molecule has 0 heterocycles. The number of nitrogens with zero attached hydrogens (tertiary/aromatic N) is 1. The molecule has 0 aromatic heterocycles. The molecule has 0 aliphatic carbocycles. The molecule has 0 fully saturated rings. The number of aliphatic carboxylic acids is 1. The van der Waals surface area contributed by atoms with Gasteiger partial charge < -0.3 is 54.2 Å². The van der Waals surface area contributed by atoms with Crippen LogP contribution in [0.4, 0.5) is 0 Å². The Morgan fingerprint density at radius 3 is 1.95 bits per heavy atom. The molecule has 39 heavy (non-hydrogen) atoms. The van der Waals surface area contributed by atoms with E-state index >= 15 is 0 Å². The van der Waals surface area contributed by atoms with Gasteiger partial charge in [-0.15, -0.1) is 0 Å². The van der Waals surface area contributed by atoms with Gasteiger partial charge in [-0.2, -0.15) is 0 Å². The van der Waals surface area contributed by atoms with Gasteiger partial charge in [0.25, 0.3) is 0 Å². The SMILES string of the molecule is NC(=O)CCC(N)C(=O)NC(Cc1ccc(O)cc1)C(=O)NC(CCCN=C(N)N)C(=O)NC(CO)C(=O)O. The molecular weight excluding hydrogens is 516 g/mol. The summed E-state index contributed by atoms with van der Waals surface area (Å²) in [6.45, 7) is -0.787. The van der Waals surface area contributed by atoms with Gasteiger partial charge in [-0.05, 0) is 37.0 Å². The molecule has 16 heteroatoms. The highest BCUT2D eigenvalue weighted by molar-refractivity contribution is 5.94. The zero-order chi connectivity index (χ0) is 29.5. The third kappa shape index (κ3) is 12.6. The third-order valence-corrected chi connectivity index (χ3v) is 5.42. The van der Waals surface area contributed by atoms with E-state index in [9.17, 15) is 34.2 Å². The van der Waals surface area contributed by atoms with Crippen LogP contribution in [-0.4, -0.2) is 88.2 Å². The number of guanidine groups is 1. The number of nitrogens with one attached hydrogen (secondary N) is 3. The lowest BCUT2D eigenvalue weighted by Crippen LogP contribution is -2.58. The largest absolute Gasteiger partial charge is 0.508 e. The maximum absolute atomic E-state index is 13.3. The summed E-state index contributed by atoms with van der Waals surface area (Å²) in [6, 6.07) is 0.472. The van der Waals surface area contributed by atoms with Crippen LogP contribution in [0.25, 0.3) is 0 Å². The molecule has 0 aliphatic heterocycles. The molecule has 1 aromatic carbocycles. The number of carbonyl (C=O) groups is 5. The zero-order valence-electron chi connectivity index (χ0n) is 21.2. The minimum Gasteiger partial charge on any atom is -0.508 e. The van der Waals surface area contributed by atoms with Gasteiger partial charge in [-0.25, -0.2) is 4.79 Å². The number of carboxylic acid groups (broad SMARTS) is 1. The van der Waals surface area contributed by atoms with Crippen LogP contribution < -0.4 is 38.9 Å². The first kappa shape index (κ1) is 32.6. The van der Waals surface area contributed by atoms with E-state index in [2.05, 4.69) is 20.9 Å². The first-order chi connectivity index (χ1) is 18.3. The van der Waals surface area contributed by atoms with Crippen molar-refractivity contribution >= 4 is 35.6 Å². The van der Waals surface area contributed by atoms with E-state index in [-0.39, 0.29) is 50.4 Å². The van der Waals surface area contributed by atoms with Gasteiger partial charge in [-0.3, -0.25) is 24.2 Å². The Morgan fingerprint density at radius 1 is 0.846 bits per heavy atom. The molecule has 16 nitrogen and oxygen atoms in total. The Bertz CT molecular complexity index is 1030. The van der Waals surface area contributed by atoms with E-state index in [1.54, 1.807) is 0 Å². The molecule has 0 saturated heterocycles. The number of amides is 4. The van der Waals surface area contributed by atoms with Crippen LogP contribution in [0.3, 0.4) is 0 Å². The summed E-state index contributed by atoms with van der Waals surface area (Å²) >= 11 is 0. The lowest BCUT2D eigenvalue weighted by molar-refractivity contribution is -0.143. The van der Waals surface area contributed by atoms with Crippen LogP contribution in [0.15, 0.2) is 29.3 Å². The van der Waals surface area contributed by atoms with Gasteiger partial charge >= 0.3 is 5.97 Å². The maximum atomic E-state index is 13.3. The number of aromatic hydroxyl groups is 1.